The summed E-state index contributed by atoms with van der Waals surface area (Å²) in [6.07, 6.45) is 5.96. The number of carbonyl (C=O) groups is 2. The first-order valence-corrected chi connectivity index (χ1v) is 9.46. The molecule has 24 heavy (non-hydrogen) atoms. The molecule has 5 nitrogen and oxygen atoms in total. The third kappa shape index (κ3) is 2.82. The molecule has 126 valence electrons. The minimum atomic E-state index is -0.383. The molecule has 1 aromatic heterocycles. The van der Waals surface area contributed by atoms with E-state index < -0.39 is 0 Å². The average molecular weight is 344 g/mol. The van der Waals surface area contributed by atoms with Gasteiger partial charge in [-0.05, 0) is 67.2 Å². The van der Waals surface area contributed by atoms with Gasteiger partial charge in [0.15, 0.2) is 6.61 Å². The fourth-order valence-corrected chi connectivity index (χ4v) is 5.95. The van der Waals surface area contributed by atoms with E-state index in [2.05, 4.69) is 5.32 Å². The van der Waals surface area contributed by atoms with Gasteiger partial charge in [0, 0.05) is 0 Å². The first-order chi connectivity index (χ1) is 11.6. The number of amides is 1. The van der Waals surface area contributed by atoms with E-state index in [-0.39, 0.29) is 24.4 Å². The maximum absolute atomic E-state index is 12.5. The lowest BCUT2D eigenvalue weighted by atomic mass is 9.52. The van der Waals surface area contributed by atoms with E-state index >= 15 is 0 Å². The molecule has 0 unspecified atom stereocenters. The van der Waals surface area contributed by atoms with Gasteiger partial charge in [-0.15, -0.1) is 11.3 Å². The monoisotopic (exact) mass is 344 g/mol. The smallest absolute Gasteiger partial charge is 0.310 e. The van der Waals surface area contributed by atoms with Crippen LogP contribution in [0, 0.1) is 40.9 Å². The molecule has 0 radical (unpaired) electrons. The Morgan fingerprint density at radius 3 is 2.50 bits per heavy atom. The molecule has 0 saturated heterocycles. The summed E-state index contributed by atoms with van der Waals surface area (Å²) in [5.74, 6) is 1.93. The number of thiophene rings is 1. The Balaban J connectivity index is 1.32. The van der Waals surface area contributed by atoms with Crippen molar-refractivity contribution in [3.63, 3.8) is 0 Å². The predicted molar refractivity (Wildman–Crippen MR) is 89.2 cm³/mol. The first-order valence-electron chi connectivity index (χ1n) is 8.58. The average Bonchev–Trinajstić information content (AvgIpc) is 2.99. The van der Waals surface area contributed by atoms with Crippen LogP contribution >= 0.6 is 11.3 Å². The van der Waals surface area contributed by atoms with Gasteiger partial charge in [0.1, 0.15) is 11.1 Å². The van der Waals surface area contributed by atoms with Crippen molar-refractivity contribution in [2.24, 2.45) is 29.6 Å². The summed E-state index contributed by atoms with van der Waals surface area (Å²) in [6.45, 7) is -0.273. The molecule has 1 aromatic rings. The lowest BCUT2D eigenvalue weighted by Gasteiger charge is -2.53. The number of nitrogens with zero attached hydrogens (tertiary/aromatic N) is 1. The third-order valence-corrected chi connectivity index (χ3v) is 6.71. The van der Waals surface area contributed by atoms with Crippen molar-refractivity contribution in [2.45, 2.75) is 32.1 Å². The highest BCUT2D eigenvalue weighted by molar-refractivity contribution is 7.14. The highest BCUT2D eigenvalue weighted by Crippen LogP contribution is 2.56. The maximum Gasteiger partial charge on any atom is 0.310 e. The normalized spacial score (nSPS) is 33.0. The minimum absolute atomic E-state index is 0.0120. The molecule has 0 atom stereocenters. The molecule has 6 heteroatoms. The zero-order valence-corrected chi connectivity index (χ0v) is 14.2. The van der Waals surface area contributed by atoms with Crippen LogP contribution in [-0.2, 0) is 14.3 Å². The van der Waals surface area contributed by atoms with Gasteiger partial charge in [-0.1, -0.05) is 0 Å². The largest absolute Gasteiger partial charge is 0.455 e. The van der Waals surface area contributed by atoms with Gasteiger partial charge in [0.2, 0.25) is 0 Å². The van der Waals surface area contributed by atoms with Crippen LogP contribution in [0.2, 0.25) is 0 Å². The van der Waals surface area contributed by atoms with Crippen molar-refractivity contribution < 1.29 is 14.3 Å². The van der Waals surface area contributed by atoms with E-state index in [4.69, 9.17) is 10.00 Å². The fourth-order valence-electron chi connectivity index (χ4n) is 5.20. The highest BCUT2D eigenvalue weighted by Gasteiger charge is 2.51. The van der Waals surface area contributed by atoms with Crippen LogP contribution in [0.4, 0.5) is 5.00 Å². The third-order valence-electron chi connectivity index (χ3n) is 5.88. The van der Waals surface area contributed by atoms with Gasteiger partial charge in [-0.3, -0.25) is 9.59 Å². The van der Waals surface area contributed by atoms with Crippen LogP contribution in [0.25, 0.3) is 0 Å². The van der Waals surface area contributed by atoms with Gasteiger partial charge in [-0.2, -0.15) is 5.26 Å². The van der Waals surface area contributed by atoms with Crippen molar-refractivity contribution in [3.8, 4) is 6.07 Å². The summed E-state index contributed by atoms with van der Waals surface area (Å²) in [6, 6.07) is 3.67. The number of carbonyl (C=O) groups excluding carboxylic acids is 2. The Labute approximate surface area is 145 Å². The van der Waals surface area contributed by atoms with Crippen LogP contribution in [0.5, 0.6) is 0 Å². The molecule has 0 spiro atoms. The molecular formula is C18H20N2O3S. The van der Waals surface area contributed by atoms with Gasteiger partial charge in [0.05, 0.1) is 11.5 Å². The highest BCUT2D eigenvalue weighted by atomic mass is 32.1. The number of nitrogens with one attached hydrogen (secondary N) is 1. The molecule has 1 N–H and O–H groups in total. The lowest BCUT2D eigenvalue weighted by molar-refractivity contribution is -0.164. The molecule has 4 bridgehead atoms. The zero-order valence-electron chi connectivity index (χ0n) is 13.4. The Hall–Kier alpha value is -1.87. The molecule has 0 aromatic carbocycles. The Kier molecular flexibility index (Phi) is 4.05. The van der Waals surface area contributed by atoms with E-state index in [0.717, 1.165) is 37.5 Å². The van der Waals surface area contributed by atoms with Gasteiger partial charge < -0.3 is 10.1 Å². The number of hydrogen-bond acceptors (Lipinski definition) is 5. The standard InChI is InChI=1S/C18H20N2O3S/c19-8-12-1-2-24-17(12)20-15(21)9-23-18(22)16-13-4-10-3-11(6-13)7-14(16)5-10/h1-2,10-11,13-14,16H,3-7,9H2,(H,20,21). The number of rotatable bonds is 4. The minimum Gasteiger partial charge on any atom is -0.455 e. The van der Waals surface area contributed by atoms with Gasteiger partial charge in [0.25, 0.3) is 5.91 Å². The molecule has 0 aliphatic heterocycles. The number of ether oxygens (including phenoxy) is 1. The molecule has 4 fully saturated rings. The number of nitriles is 1. The van der Waals surface area contributed by atoms with Crippen LogP contribution in [-0.4, -0.2) is 18.5 Å². The first kappa shape index (κ1) is 15.6. The quantitative estimate of drug-likeness (QED) is 0.851. The predicted octanol–water partition coefficient (Wildman–Crippen LogP) is 3.17. The van der Waals surface area contributed by atoms with E-state index in [0.29, 0.717) is 22.4 Å². The second-order valence-electron chi connectivity index (χ2n) is 7.39. The van der Waals surface area contributed by atoms with Crippen molar-refractivity contribution in [1.82, 2.24) is 0 Å². The van der Waals surface area contributed by atoms with E-state index in [1.54, 1.807) is 11.4 Å². The molecule has 1 amide bonds. The molecule has 1 heterocycles. The maximum atomic E-state index is 12.5. The van der Waals surface area contributed by atoms with Crippen molar-refractivity contribution in [2.75, 3.05) is 11.9 Å². The van der Waals surface area contributed by atoms with Crippen molar-refractivity contribution in [3.05, 3.63) is 17.0 Å². The Bertz CT molecular complexity index is 677. The van der Waals surface area contributed by atoms with Crippen molar-refractivity contribution >= 4 is 28.2 Å². The van der Waals surface area contributed by atoms with Crippen LogP contribution in [0.3, 0.4) is 0 Å². The lowest BCUT2D eigenvalue weighted by Crippen LogP contribution is -2.48. The van der Waals surface area contributed by atoms with E-state index in [1.165, 1.54) is 17.8 Å². The van der Waals surface area contributed by atoms with E-state index in [1.807, 2.05) is 6.07 Å². The fraction of sp³-hybridized carbons (Fsp3) is 0.611. The molecular weight excluding hydrogens is 324 g/mol. The van der Waals surface area contributed by atoms with Crippen LogP contribution in [0.15, 0.2) is 11.4 Å². The SMILES string of the molecule is N#Cc1ccsc1NC(=O)COC(=O)C1C2CC3CC(C2)CC1C3. The van der Waals surface area contributed by atoms with Gasteiger partial charge in [-0.25, -0.2) is 0 Å². The summed E-state index contributed by atoms with van der Waals surface area (Å²) < 4.78 is 5.32. The molecule has 4 saturated carbocycles. The number of hydrogen-bond donors (Lipinski definition) is 1. The van der Waals surface area contributed by atoms with Gasteiger partial charge >= 0.3 is 5.97 Å². The second-order valence-corrected chi connectivity index (χ2v) is 8.30. The van der Waals surface area contributed by atoms with Crippen molar-refractivity contribution in [1.29, 1.82) is 5.26 Å². The van der Waals surface area contributed by atoms with Crippen LogP contribution in [0.1, 0.15) is 37.7 Å². The molecule has 4 aliphatic rings. The summed E-state index contributed by atoms with van der Waals surface area (Å²) in [5, 5.41) is 13.8. The van der Waals surface area contributed by atoms with E-state index in [9.17, 15) is 9.59 Å². The summed E-state index contributed by atoms with van der Waals surface area (Å²) in [4.78, 5) is 24.5. The molecule has 5 rings (SSSR count). The second kappa shape index (κ2) is 6.21. The number of esters is 1. The Morgan fingerprint density at radius 1 is 1.21 bits per heavy atom. The Morgan fingerprint density at radius 2 is 1.88 bits per heavy atom. The summed E-state index contributed by atoms with van der Waals surface area (Å²) >= 11 is 1.29. The summed E-state index contributed by atoms with van der Waals surface area (Å²) in [5.41, 5.74) is 0.431. The van der Waals surface area contributed by atoms with Crippen LogP contribution < -0.4 is 5.32 Å². The topological polar surface area (TPSA) is 79.2 Å². The molecule has 4 aliphatic carbocycles. The number of anilines is 1. The zero-order chi connectivity index (χ0) is 16.7. The summed E-state index contributed by atoms with van der Waals surface area (Å²) in [7, 11) is 0.